The third kappa shape index (κ3) is 5.46. The van der Waals surface area contributed by atoms with Crippen LogP contribution in [-0.4, -0.2) is 64.9 Å². The fourth-order valence-electron chi connectivity index (χ4n) is 3.29. The molecule has 3 rings (SSSR count). The van der Waals surface area contributed by atoms with E-state index in [9.17, 15) is 14.4 Å². The third-order valence-corrected chi connectivity index (χ3v) is 5.13. The van der Waals surface area contributed by atoms with Gasteiger partial charge in [0.1, 0.15) is 0 Å². The number of benzene rings is 1. The van der Waals surface area contributed by atoms with Crippen LogP contribution in [0.5, 0.6) is 0 Å². The number of piperazine rings is 1. The molecule has 1 aromatic carbocycles. The summed E-state index contributed by atoms with van der Waals surface area (Å²) in [7, 11) is 0. The summed E-state index contributed by atoms with van der Waals surface area (Å²) in [5.41, 5.74) is 2.08. The number of aryl methyl sites for hydroxylation is 2. The van der Waals surface area contributed by atoms with Crippen molar-refractivity contribution in [2.24, 2.45) is 0 Å². The topological polar surface area (TPSA) is 93.0 Å². The van der Waals surface area contributed by atoms with Gasteiger partial charge in [0, 0.05) is 45.1 Å². The molecule has 1 saturated heterocycles. The number of rotatable bonds is 6. The number of hydrogen-bond donors (Lipinski definition) is 0. The van der Waals surface area contributed by atoms with Crippen molar-refractivity contribution in [2.75, 3.05) is 26.2 Å². The fraction of sp³-hybridized carbons (Fsp3) is 0.455. The smallest absolute Gasteiger partial charge is 0.307 e. The summed E-state index contributed by atoms with van der Waals surface area (Å²) < 4.78 is 11.0. The van der Waals surface area contributed by atoms with Crippen LogP contribution in [0.15, 0.2) is 34.9 Å². The molecule has 1 aliphatic rings. The second kappa shape index (κ2) is 9.56. The molecule has 1 fully saturated rings. The molecular weight excluding hydrogens is 386 g/mol. The summed E-state index contributed by atoms with van der Waals surface area (Å²) in [6.45, 7) is 6.97. The van der Waals surface area contributed by atoms with Crippen molar-refractivity contribution >= 4 is 17.8 Å². The van der Waals surface area contributed by atoms with Gasteiger partial charge in [-0.2, -0.15) is 0 Å². The predicted molar refractivity (Wildman–Crippen MR) is 109 cm³/mol. The Morgan fingerprint density at radius 3 is 2.37 bits per heavy atom. The van der Waals surface area contributed by atoms with Gasteiger partial charge in [0.25, 0.3) is 5.91 Å². The van der Waals surface area contributed by atoms with E-state index >= 15 is 0 Å². The van der Waals surface area contributed by atoms with Gasteiger partial charge in [-0.3, -0.25) is 14.4 Å². The highest BCUT2D eigenvalue weighted by Gasteiger charge is 2.27. The lowest BCUT2D eigenvalue weighted by Crippen LogP contribution is -2.52. The van der Waals surface area contributed by atoms with E-state index in [2.05, 4.69) is 4.98 Å². The van der Waals surface area contributed by atoms with Gasteiger partial charge in [0.15, 0.2) is 17.8 Å². The average Bonchev–Trinajstić information content (AvgIpc) is 3.21. The Morgan fingerprint density at radius 2 is 1.73 bits per heavy atom. The lowest BCUT2D eigenvalue weighted by Gasteiger charge is -2.35. The number of ether oxygens (including phenoxy) is 1. The second-order valence-corrected chi connectivity index (χ2v) is 7.45. The standard InChI is InChI=1S/C22H27N3O5/c1-15-4-6-18(7-5-15)19-14-23-20(30-19)8-9-21(27)29-16(2)22(28)25-12-10-24(11-13-25)17(3)26/h4-7,14,16H,8-13H2,1-3H3. The molecule has 0 radical (unpaired) electrons. The number of carbonyl (C=O) groups is 3. The molecule has 2 aromatic rings. The fourth-order valence-corrected chi connectivity index (χ4v) is 3.29. The first kappa shape index (κ1) is 21.5. The Hall–Kier alpha value is -3.16. The predicted octanol–water partition coefficient (Wildman–Crippen LogP) is 2.21. The monoisotopic (exact) mass is 413 g/mol. The Labute approximate surface area is 175 Å². The van der Waals surface area contributed by atoms with Crippen LogP contribution < -0.4 is 0 Å². The summed E-state index contributed by atoms with van der Waals surface area (Å²) in [4.78, 5) is 43.6. The molecule has 8 heteroatoms. The second-order valence-electron chi connectivity index (χ2n) is 7.45. The van der Waals surface area contributed by atoms with Gasteiger partial charge in [0.05, 0.1) is 12.6 Å². The number of hydrogen-bond acceptors (Lipinski definition) is 6. The van der Waals surface area contributed by atoms with E-state index in [4.69, 9.17) is 9.15 Å². The zero-order valence-electron chi connectivity index (χ0n) is 17.6. The Balaban J connectivity index is 1.45. The number of nitrogens with zero attached hydrogens (tertiary/aromatic N) is 3. The molecule has 0 saturated carbocycles. The highest BCUT2D eigenvalue weighted by Crippen LogP contribution is 2.21. The molecule has 0 spiro atoms. The maximum atomic E-state index is 12.5. The van der Waals surface area contributed by atoms with Gasteiger partial charge in [-0.15, -0.1) is 0 Å². The van der Waals surface area contributed by atoms with Crippen molar-refractivity contribution < 1.29 is 23.5 Å². The molecule has 8 nitrogen and oxygen atoms in total. The third-order valence-electron chi connectivity index (χ3n) is 5.13. The average molecular weight is 413 g/mol. The van der Waals surface area contributed by atoms with Crippen molar-refractivity contribution in [3.63, 3.8) is 0 Å². The molecular formula is C22H27N3O5. The van der Waals surface area contributed by atoms with Gasteiger partial charge in [-0.05, 0) is 13.8 Å². The minimum atomic E-state index is -0.867. The van der Waals surface area contributed by atoms with E-state index in [1.807, 2.05) is 31.2 Å². The quantitative estimate of drug-likeness (QED) is 0.674. The van der Waals surface area contributed by atoms with Crippen LogP contribution in [0.4, 0.5) is 0 Å². The first-order valence-corrected chi connectivity index (χ1v) is 10.1. The normalized spacial score (nSPS) is 15.0. The van der Waals surface area contributed by atoms with Crippen molar-refractivity contribution in [1.29, 1.82) is 0 Å². The number of esters is 1. The molecule has 2 amide bonds. The molecule has 1 aromatic heterocycles. The maximum Gasteiger partial charge on any atom is 0.307 e. The SMILES string of the molecule is CC(=O)N1CCN(C(=O)C(C)OC(=O)CCc2ncc(-c3ccc(C)cc3)o2)CC1. The van der Waals surface area contributed by atoms with Crippen LogP contribution in [0.1, 0.15) is 31.7 Å². The van der Waals surface area contributed by atoms with Gasteiger partial charge in [0.2, 0.25) is 5.91 Å². The number of aromatic nitrogens is 1. The van der Waals surface area contributed by atoms with Gasteiger partial charge in [-0.25, -0.2) is 4.98 Å². The van der Waals surface area contributed by atoms with E-state index in [1.54, 1.807) is 22.9 Å². The minimum Gasteiger partial charge on any atom is -0.453 e. The van der Waals surface area contributed by atoms with Crippen molar-refractivity contribution in [1.82, 2.24) is 14.8 Å². The van der Waals surface area contributed by atoms with Crippen molar-refractivity contribution in [2.45, 2.75) is 39.7 Å². The van der Waals surface area contributed by atoms with Gasteiger partial charge < -0.3 is 19.0 Å². The lowest BCUT2D eigenvalue weighted by molar-refractivity contribution is -0.160. The van der Waals surface area contributed by atoms with Gasteiger partial charge in [-0.1, -0.05) is 29.8 Å². The van der Waals surface area contributed by atoms with E-state index in [0.717, 1.165) is 11.1 Å². The van der Waals surface area contributed by atoms with Crippen LogP contribution in [0.25, 0.3) is 11.3 Å². The van der Waals surface area contributed by atoms with E-state index in [-0.39, 0.29) is 18.2 Å². The van der Waals surface area contributed by atoms with Crippen molar-refractivity contribution in [3.05, 3.63) is 41.9 Å². The Morgan fingerprint density at radius 1 is 1.10 bits per heavy atom. The van der Waals surface area contributed by atoms with E-state index < -0.39 is 12.1 Å². The first-order valence-electron chi connectivity index (χ1n) is 10.1. The van der Waals surface area contributed by atoms with Crippen LogP contribution in [0.3, 0.4) is 0 Å². The first-order chi connectivity index (χ1) is 14.3. The summed E-state index contributed by atoms with van der Waals surface area (Å²) in [6, 6.07) is 7.90. The number of carbonyl (C=O) groups excluding carboxylic acids is 3. The Kier molecular flexibility index (Phi) is 6.87. The summed E-state index contributed by atoms with van der Waals surface area (Å²) in [5.74, 6) is 0.366. The summed E-state index contributed by atoms with van der Waals surface area (Å²) in [6.07, 6.45) is 1.14. The molecule has 0 bridgehead atoms. The molecule has 0 aliphatic carbocycles. The molecule has 1 aliphatic heterocycles. The van der Waals surface area contributed by atoms with E-state index in [1.165, 1.54) is 6.92 Å². The molecule has 160 valence electrons. The highest BCUT2D eigenvalue weighted by molar-refractivity contribution is 5.84. The van der Waals surface area contributed by atoms with Crippen LogP contribution in [0, 0.1) is 6.92 Å². The zero-order chi connectivity index (χ0) is 21.7. The molecule has 1 unspecified atom stereocenters. The van der Waals surface area contributed by atoms with Crippen LogP contribution in [0.2, 0.25) is 0 Å². The zero-order valence-corrected chi connectivity index (χ0v) is 17.6. The number of amides is 2. The molecule has 1 atom stereocenters. The minimum absolute atomic E-state index is 0.00125. The Bertz CT molecular complexity index is 898. The largest absolute Gasteiger partial charge is 0.453 e. The van der Waals surface area contributed by atoms with E-state index in [0.29, 0.717) is 44.3 Å². The van der Waals surface area contributed by atoms with Crippen LogP contribution in [-0.2, 0) is 25.5 Å². The molecule has 0 N–H and O–H groups in total. The summed E-state index contributed by atoms with van der Waals surface area (Å²) in [5, 5.41) is 0. The maximum absolute atomic E-state index is 12.5. The number of oxazole rings is 1. The van der Waals surface area contributed by atoms with Gasteiger partial charge >= 0.3 is 5.97 Å². The molecule has 2 heterocycles. The summed E-state index contributed by atoms with van der Waals surface area (Å²) >= 11 is 0. The molecule has 30 heavy (non-hydrogen) atoms. The highest BCUT2D eigenvalue weighted by atomic mass is 16.5. The van der Waals surface area contributed by atoms with Crippen molar-refractivity contribution in [3.8, 4) is 11.3 Å². The lowest BCUT2D eigenvalue weighted by atomic mass is 10.1. The van der Waals surface area contributed by atoms with Crippen LogP contribution >= 0.6 is 0 Å².